The number of rotatable bonds is 3. The van der Waals surface area contributed by atoms with Gasteiger partial charge in [-0.1, -0.05) is 139 Å². The molecule has 0 aliphatic carbocycles. The van der Waals surface area contributed by atoms with E-state index in [-0.39, 0.29) is 57.0 Å². The minimum atomic E-state index is -0.454. The van der Waals surface area contributed by atoms with E-state index in [9.17, 15) is 5.48 Å². The summed E-state index contributed by atoms with van der Waals surface area (Å²) in [7, 11) is 0. The van der Waals surface area contributed by atoms with Crippen LogP contribution in [0.4, 0.5) is 0 Å². The zero-order valence-corrected chi connectivity index (χ0v) is 27.2. The number of fused-ring (bicyclic) bond motifs is 9. The predicted octanol–water partition coefficient (Wildman–Crippen LogP) is 14.4. The van der Waals surface area contributed by atoms with E-state index < -0.39 is 24.2 Å². The molecule has 0 atom stereocenters. The maximum Gasteiger partial charge on any atom is 0.136 e. The van der Waals surface area contributed by atoms with E-state index in [0.29, 0.717) is 16.7 Å². The Balaban J connectivity index is 1.23. The largest absolute Gasteiger partial charge is 0.456 e. The molecule has 1 nitrogen and oxygen atoms in total. The number of thiophene rings is 1. The van der Waals surface area contributed by atoms with Gasteiger partial charge in [-0.05, 0) is 95.7 Å². The lowest BCUT2D eigenvalue weighted by Gasteiger charge is -2.17. The normalized spacial score (nSPS) is 14.2. The van der Waals surface area contributed by atoms with E-state index in [4.69, 9.17) is 9.90 Å². The van der Waals surface area contributed by atoms with E-state index >= 15 is 0 Å². The third-order valence-electron chi connectivity index (χ3n) is 9.89. The first-order valence-corrected chi connectivity index (χ1v) is 17.2. The summed E-state index contributed by atoms with van der Waals surface area (Å²) in [4.78, 5) is 0. The average molecular weight is 661 g/mol. The molecule has 2 heteroatoms. The molecular weight excluding hydrogens is 625 g/mol. The quantitative estimate of drug-likeness (QED) is 0.136. The Morgan fingerprint density at radius 2 is 1.08 bits per heavy atom. The summed E-state index contributed by atoms with van der Waals surface area (Å²) in [5.41, 5.74) is 3.60. The van der Waals surface area contributed by atoms with Crippen LogP contribution in [0.25, 0.3) is 108 Å². The molecule has 232 valence electrons. The molecular formula is C48H28OS. The summed E-state index contributed by atoms with van der Waals surface area (Å²) >= 11 is 1.74. The summed E-state index contributed by atoms with van der Waals surface area (Å²) < 4.78 is 81.7. The summed E-state index contributed by atoms with van der Waals surface area (Å²) in [5, 5.41) is 7.63. The monoisotopic (exact) mass is 660 g/mol. The topological polar surface area (TPSA) is 13.1 Å². The SMILES string of the molecule is [2H]c1c([2H])c([2H])c2c(-c3cc4cc(-c5cccc6c5sc5ccccc56)ccc4o3)c3c([2H])c([2H])c([2H])c([2H])c3c(-c3ccc4c(ccc5ccccc54)c3)c2c1[2H]. The van der Waals surface area contributed by atoms with Crippen LogP contribution in [0.1, 0.15) is 11.0 Å². The Morgan fingerprint density at radius 3 is 1.90 bits per heavy atom. The lowest BCUT2D eigenvalue weighted by Crippen LogP contribution is -1.90. The highest BCUT2D eigenvalue weighted by Crippen LogP contribution is 2.46. The maximum atomic E-state index is 9.37. The summed E-state index contributed by atoms with van der Waals surface area (Å²) in [6, 6.07) is 37.1. The minimum Gasteiger partial charge on any atom is -0.456 e. The molecule has 0 spiro atoms. The first-order chi connectivity index (χ1) is 28.1. The highest BCUT2D eigenvalue weighted by molar-refractivity contribution is 7.26. The zero-order valence-electron chi connectivity index (χ0n) is 34.4. The molecule has 0 aliphatic heterocycles. The summed E-state index contributed by atoms with van der Waals surface area (Å²) in [5.74, 6) is 0.230. The van der Waals surface area contributed by atoms with Gasteiger partial charge in [0.05, 0.1) is 11.0 Å². The van der Waals surface area contributed by atoms with Crippen LogP contribution < -0.4 is 0 Å². The highest BCUT2D eigenvalue weighted by atomic mass is 32.1. The molecule has 11 aromatic rings. The van der Waals surface area contributed by atoms with Crippen molar-refractivity contribution in [3.8, 4) is 33.6 Å². The van der Waals surface area contributed by atoms with E-state index in [1.54, 1.807) is 11.3 Å². The van der Waals surface area contributed by atoms with Crippen molar-refractivity contribution in [1.82, 2.24) is 0 Å². The van der Waals surface area contributed by atoms with Gasteiger partial charge in [-0.2, -0.15) is 0 Å². The Morgan fingerprint density at radius 1 is 0.440 bits per heavy atom. The van der Waals surface area contributed by atoms with Gasteiger partial charge in [-0.15, -0.1) is 11.3 Å². The van der Waals surface area contributed by atoms with E-state index in [2.05, 4.69) is 30.3 Å². The van der Waals surface area contributed by atoms with Crippen molar-refractivity contribution in [2.75, 3.05) is 0 Å². The molecule has 0 saturated heterocycles. The van der Waals surface area contributed by atoms with Gasteiger partial charge in [-0.25, -0.2) is 0 Å². The van der Waals surface area contributed by atoms with Crippen LogP contribution in [0.2, 0.25) is 0 Å². The summed E-state index contributed by atoms with van der Waals surface area (Å²) in [6.07, 6.45) is 0. The van der Waals surface area contributed by atoms with Crippen molar-refractivity contribution in [3.63, 3.8) is 0 Å². The molecule has 0 bridgehead atoms. The fourth-order valence-electron chi connectivity index (χ4n) is 7.64. The number of furan rings is 1. The Hall–Kier alpha value is -6.22. The molecule has 0 N–H and O–H groups in total. The Labute approximate surface area is 303 Å². The second kappa shape index (κ2) is 10.6. The molecule has 0 aliphatic rings. The van der Waals surface area contributed by atoms with E-state index in [0.717, 1.165) is 42.8 Å². The van der Waals surface area contributed by atoms with Gasteiger partial charge in [-0.3, -0.25) is 0 Å². The molecule has 0 fully saturated rings. The lowest BCUT2D eigenvalue weighted by atomic mass is 9.87. The molecule has 2 aromatic heterocycles. The first kappa shape index (κ1) is 21.0. The van der Waals surface area contributed by atoms with Crippen LogP contribution in [0.5, 0.6) is 0 Å². The van der Waals surface area contributed by atoms with Crippen LogP contribution in [-0.2, 0) is 0 Å². The van der Waals surface area contributed by atoms with Gasteiger partial charge in [0.2, 0.25) is 0 Å². The minimum absolute atomic E-state index is 0.117. The molecule has 9 aromatic carbocycles. The highest BCUT2D eigenvalue weighted by Gasteiger charge is 2.20. The van der Waals surface area contributed by atoms with Gasteiger partial charge in [0.25, 0.3) is 0 Å². The van der Waals surface area contributed by atoms with Crippen molar-refractivity contribution in [3.05, 3.63) is 170 Å². The van der Waals surface area contributed by atoms with Gasteiger partial charge in [0.1, 0.15) is 11.3 Å². The fraction of sp³-hybridized carbons (Fsp3) is 0. The average Bonchev–Trinajstić information content (AvgIpc) is 3.86. The van der Waals surface area contributed by atoms with Crippen LogP contribution >= 0.6 is 11.3 Å². The summed E-state index contributed by atoms with van der Waals surface area (Å²) in [6.45, 7) is 0. The van der Waals surface area contributed by atoms with Crippen LogP contribution in [0, 0.1) is 0 Å². The van der Waals surface area contributed by atoms with Crippen molar-refractivity contribution in [2.45, 2.75) is 0 Å². The van der Waals surface area contributed by atoms with Crippen molar-refractivity contribution < 1.29 is 15.4 Å². The van der Waals surface area contributed by atoms with Crippen molar-refractivity contribution in [2.24, 2.45) is 0 Å². The van der Waals surface area contributed by atoms with E-state index in [1.807, 2.05) is 91.0 Å². The predicted molar refractivity (Wildman–Crippen MR) is 215 cm³/mol. The lowest BCUT2D eigenvalue weighted by molar-refractivity contribution is 0.633. The van der Waals surface area contributed by atoms with Crippen molar-refractivity contribution in [1.29, 1.82) is 0 Å². The second-order valence-electron chi connectivity index (χ2n) is 12.6. The van der Waals surface area contributed by atoms with Crippen LogP contribution in [0.15, 0.2) is 174 Å². The number of hydrogen-bond acceptors (Lipinski definition) is 2. The third kappa shape index (κ3) is 4.06. The van der Waals surface area contributed by atoms with E-state index in [1.165, 1.54) is 15.5 Å². The maximum absolute atomic E-state index is 9.37. The standard InChI is InChI=1S/C48H28OS/c1-2-11-34-29(10-1)20-21-30-26-32(22-24-35(30)34)46-38-13-3-5-15-40(38)47(41-16-6-4-14-39(41)46)44-28-33-27-31(23-25-43(33)49-44)36-17-9-18-42-37-12-7-8-19-45(37)50-48(36)42/h1-28H/i3D,4D,5D,6D,13D,14D,15D,16D. The Kier molecular flexibility index (Phi) is 4.47. The third-order valence-corrected chi connectivity index (χ3v) is 11.1. The first-order valence-electron chi connectivity index (χ1n) is 20.4. The van der Waals surface area contributed by atoms with Gasteiger partial charge < -0.3 is 4.42 Å². The fourth-order valence-corrected chi connectivity index (χ4v) is 8.88. The second-order valence-corrected chi connectivity index (χ2v) is 13.7. The van der Waals surface area contributed by atoms with Crippen LogP contribution in [0.3, 0.4) is 0 Å². The molecule has 0 amide bonds. The Bertz CT molecular complexity index is 3540. The molecule has 0 saturated carbocycles. The molecule has 2 heterocycles. The van der Waals surface area contributed by atoms with Gasteiger partial charge >= 0.3 is 0 Å². The number of hydrogen-bond donors (Lipinski definition) is 0. The number of benzene rings is 9. The van der Waals surface area contributed by atoms with Crippen molar-refractivity contribution >= 4 is 85.6 Å². The van der Waals surface area contributed by atoms with Gasteiger partial charge in [0.15, 0.2) is 0 Å². The molecule has 0 radical (unpaired) electrons. The van der Waals surface area contributed by atoms with Crippen LogP contribution in [-0.4, -0.2) is 0 Å². The smallest absolute Gasteiger partial charge is 0.136 e. The molecule has 0 unspecified atom stereocenters. The molecule has 50 heavy (non-hydrogen) atoms. The zero-order chi connectivity index (χ0) is 39.7. The van der Waals surface area contributed by atoms with Gasteiger partial charge in [0, 0.05) is 31.1 Å². The molecule has 11 rings (SSSR count).